The van der Waals surface area contributed by atoms with Crippen molar-refractivity contribution >= 4 is 17.1 Å². The van der Waals surface area contributed by atoms with Crippen LogP contribution < -0.4 is 21.5 Å². The minimum absolute atomic E-state index is 0.301. The lowest BCUT2D eigenvalue weighted by Crippen LogP contribution is -2.35. The van der Waals surface area contributed by atoms with Crippen molar-refractivity contribution in [3.63, 3.8) is 0 Å². The monoisotopic (exact) mass is 203 g/mol. The normalized spacial score (nSPS) is 10.2. The molecule has 0 unspecified atom stereocenters. The molecule has 2 aromatic rings. The minimum atomic E-state index is -0.497. The van der Waals surface area contributed by atoms with Gasteiger partial charge in [0.05, 0.1) is 11.9 Å². The van der Waals surface area contributed by atoms with Crippen LogP contribution in [0.2, 0.25) is 0 Å². The summed E-state index contributed by atoms with van der Waals surface area (Å²) >= 11 is 0. The smallest absolute Gasteiger partial charge is 0.253 e. The predicted molar refractivity (Wildman–Crippen MR) is 58.4 cm³/mol. The van der Waals surface area contributed by atoms with Gasteiger partial charge in [0.25, 0.3) is 10.9 Å². The zero-order valence-electron chi connectivity index (χ0n) is 8.07. The van der Waals surface area contributed by atoms with E-state index in [1.807, 2.05) is 0 Å². The van der Waals surface area contributed by atoms with E-state index in [-0.39, 0.29) is 0 Å². The fourth-order valence-electron chi connectivity index (χ4n) is 1.33. The molecule has 0 aliphatic heterocycles. The standard InChI is InChI=1S/C10H9N3O2/c1-11-7-8(10(15)9(7)14)13-6-3-2-4-12-5-6/h2-5,11,13H,1H3. The molecule has 0 radical (unpaired) electrons. The van der Waals surface area contributed by atoms with Crippen molar-refractivity contribution in [2.45, 2.75) is 0 Å². The number of aromatic nitrogens is 1. The van der Waals surface area contributed by atoms with E-state index in [0.29, 0.717) is 17.1 Å². The summed E-state index contributed by atoms with van der Waals surface area (Å²) in [6, 6.07) is 3.51. The highest BCUT2D eigenvalue weighted by Gasteiger charge is 2.19. The lowest BCUT2D eigenvalue weighted by Gasteiger charge is -2.11. The minimum Gasteiger partial charge on any atom is -0.383 e. The second-order valence-electron chi connectivity index (χ2n) is 3.02. The van der Waals surface area contributed by atoms with Crippen LogP contribution in [-0.4, -0.2) is 12.0 Å². The topological polar surface area (TPSA) is 71.1 Å². The van der Waals surface area contributed by atoms with Gasteiger partial charge in [0.2, 0.25) is 0 Å². The first-order valence-corrected chi connectivity index (χ1v) is 4.42. The molecule has 1 aromatic heterocycles. The van der Waals surface area contributed by atoms with Gasteiger partial charge in [0.1, 0.15) is 11.4 Å². The molecule has 0 amide bonds. The highest BCUT2D eigenvalue weighted by molar-refractivity contribution is 5.78. The van der Waals surface area contributed by atoms with Crippen LogP contribution in [0.25, 0.3) is 0 Å². The van der Waals surface area contributed by atoms with Gasteiger partial charge in [0, 0.05) is 13.2 Å². The van der Waals surface area contributed by atoms with Crippen molar-refractivity contribution in [1.29, 1.82) is 0 Å². The Hall–Kier alpha value is -2.17. The Kier molecular flexibility index (Phi) is 2.21. The summed E-state index contributed by atoms with van der Waals surface area (Å²) in [7, 11) is 1.60. The largest absolute Gasteiger partial charge is 0.383 e. The van der Waals surface area contributed by atoms with Crippen molar-refractivity contribution in [2.75, 3.05) is 17.7 Å². The quantitative estimate of drug-likeness (QED) is 0.709. The lowest BCUT2D eigenvalue weighted by atomic mass is 10.2. The van der Waals surface area contributed by atoms with Crippen LogP contribution in [0.5, 0.6) is 0 Å². The Morgan fingerprint density at radius 3 is 2.53 bits per heavy atom. The van der Waals surface area contributed by atoms with Gasteiger partial charge in [-0.25, -0.2) is 0 Å². The van der Waals surface area contributed by atoms with Crippen LogP contribution in [0.3, 0.4) is 0 Å². The van der Waals surface area contributed by atoms with E-state index in [0.717, 1.165) is 0 Å². The molecule has 0 spiro atoms. The number of rotatable bonds is 3. The van der Waals surface area contributed by atoms with E-state index in [1.54, 1.807) is 31.6 Å². The van der Waals surface area contributed by atoms with Gasteiger partial charge in [-0.05, 0) is 12.1 Å². The SMILES string of the molecule is CNc1c(Nc2cccnc2)c(=O)c1=O. The van der Waals surface area contributed by atoms with Gasteiger partial charge in [-0.2, -0.15) is 0 Å². The molecule has 1 heterocycles. The molecule has 0 atom stereocenters. The van der Waals surface area contributed by atoms with Crippen LogP contribution in [0.4, 0.5) is 17.1 Å². The molecule has 2 N–H and O–H groups in total. The van der Waals surface area contributed by atoms with Gasteiger partial charge in [-0.1, -0.05) is 0 Å². The summed E-state index contributed by atoms with van der Waals surface area (Å²) in [6.07, 6.45) is 3.21. The average Bonchev–Trinajstić information content (AvgIpc) is 2.29. The van der Waals surface area contributed by atoms with Crippen molar-refractivity contribution in [3.05, 3.63) is 45.0 Å². The number of nitrogens with zero attached hydrogens (tertiary/aromatic N) is 1. The first-order valence-electron chi connectivity index (χ1n) is 4.42. The molecule has 1 aromatic carbocycles. The van der Waals surface area contributed by atoms with E-state index < -0.39 is 10.9 Å². The maximum atomic E-state index is 11.2. The molecule has 2 rings (SSSR count). The second-order valence-corrected chi connectivity index (χ2v) is 3.02. The highest BCUT2D eigenvalue weighted by Crippen LogP contribution is 2.18. The summed E-state index contributed by atoms with van der Waals surface area (Å²) in [4.78, 5) is 26.2. The zero-order valence-corrected chi connectivity index (χ0v) is 8.07. The zero-order chi connectivity index (χ0) is 10.8. The number of anilines is 3. The third kappa shape index (κ3) is 1.48. The van der Waals surface area contributed by atoms with Gasteiger partial charge in [0.15, 0.2) is 0 Å². The van der Waals surface area contributed by atoms with Gasteiger partial charge in [-0.15, -0.1) is 0 Å². The Morgan fingerprint density at radius 2 is 1.93 bits per heavy atom. The second kappa shape index (κ2) is 3.53. The number of hydrogen-bond acceptors (Lipinski definition) is 5. The first-order chi connectivity index (χ1) is 7.24. The molecular weight excluding hydrogens is 194 g/mol. The van der Waals surface area contributed by atoms with Crippen LogP contribution in [0.15, 0.2) is 34.1 Å². The van der Waals surface area contributed by atoms with Crippen molar-refractivity contribution in [3.8, 4) is 0 Å². The maximum Gasteiger partial charge on any atom is 0.253 e. The Balaban J connectivity index is 2.30. The highest BCUT2D eigenvalue weighted by atomic mass is 16.2. The molecule has 0 aliphatic carbocycles. The molecule has 5 nitrogen and oxygen atoms in total. The van der Waals surface area contributed by atoms with E-state index in [2.05, 4.69) is 15.6 Å². The van der Waals surface area contributed by atoms with E-state index >= 15 is 0 Å². The first kappa shape index (κ1) is 9.39. The maximum absolute atomic E-state index is 11.2. The van der Waals surface area contributed by atoms with Crippen molar-refractivity contribution in [1.82, 2.24) is 4.98 Å². The molecule has 15 heavy (non-hydrogen) atoms. The van der Waals surface area contributed by atoms with Crippen LogP contribution >= 0.6 is 0 Å². The molecule has 0 bridgehead atoms. The Labute approximate surface area is 85.5 Å². The number of hydrogen-bond donors (Lipinski definition) is 2. The van der Waals surface area contributed by atoms with E-state index in [9.17, 15) is 9.59 Å². The van der Waals surface area contributed by atoms with E-state index in [4.69, 9.17) is 0 Å². The lowest BCUT2D eigenvalue weighted by molar-refractivity contribution is 1.29. The Morgan fingerprint density at radius 1 is 1.20 bits per heavy atom. The summed E-state index contributed by atoms with van der Waals surface area (Å²) < 4.78 is 0. The molecule has 5 heteroatoms. The van der Waals surface area contributed by atoms with Crippen LogP contribution in [0.1, 0.15) is 0 Å². The molecule has 0 saturated carbocycles. The summed E-state index contributed by atoms with van der Waals surface area (Å²) in [5.74, 6) is 0. The fourth-order valence-corrected chi connectivity index (χ4v) is 1.33. The van der Waals surface area contributed by atoms with Gasteiger partial charge >= 0.3 is 0 Å². The van der Waals surface area contributed by atoms with Crippen molar-refractivity contribution < 1.29 is 0 Å². The summed E-state index contributed by atoms with van der Waals surface area (Å²) in [6.45, 7) is 0. The number of nitrogens with one attached hydrogen (secondary N) is 2. The molecular formula is C10H9N3O2. The third-order valence-electron chi connectivity index (χ3n) is 2.09. The third-order valence-corrected chi connectivity index (χ3v) is 2.09. The van der Waals surface area contributed by atoms with Gasteiger partial charge in [-0.3, -0.25) is 14.6 Å². The average molecular weight is 203 g/mol. The molecule has 76 valence electrons. The van der Waals surface area contributed by atoms with Gasteiger partial charge < -0.3 is 10.6 Å². The molecule has 0 aliphatic rings. The fraction of sp³-hybridized carbons (Fsp3) is 0.100. The summed E-state index contributed by atoms with van der Waals surface area (Å²) in [5, 5.41) is 5.52. The van der Waals surface area contributed by atoms with Crippen molar-refractivity contribution in [2.24, 2.45) is 0 Å². The molecule has 0 saturated heterocycles. The Bertz CT molecular complexity index is 541. The van der Waals surface area contributed by atoms with Crippen LogP contribution in [0, 0.1) is 0 Å². The molecule has 0 fully saturated rings. The summed E-state index contributed by atoms with van der Waals surface area (Å²) in [5.41, 5.74) is 0.326. The number of pyridine rings is 1. The van der Waals surface area contributed by atoms with E-state index in [1.165, 1.54) is 0 Å². The van der Waals surface area contributed by atoms with Crippen LogP contribution in [-0.2, 0) is 0 Å². The predicted octanol–water partition coefficient (Wildman–Crippen LogP) is 0.463.